The van der Waals surface area contributed by atoms with E-state index in [4.69, 9.17) is 5.73 Å². The van der Waals surface area contributed by atoms with Gasteiger partial charge in [-0.1, -0.05) is 0 Å². The molecule has 2 rings (SSSR count). The van der Waals surface area contributed by atoms with E-state index >= 15 is 0 Å². The first-order valence-corrected chi connectivity index (χ1v) is 5.81. The Bertz CT molecular complexity index is 410. The molecule has 1 fully saturated rings. The molecule has 17 heavy (non-hydrogen) atoms. The van der Waals surface area contributed by atoms with Crippen LogP contribution in [0, 0.1) is 11.7 Å². The van der Waals surface area contributed by atoms with E-state index in [0.717, 1.165) is 19.0 Å². The lowest BCUT2D eigenvalue weighted by Gasteiger charge is -2.32. The molecule has 1 aliphatic heterocycles. The summed E-state index contributed by atoms with van der Waals surface area (Å²) in [7, 11) is 0. The third kappa shape index (κ3) is 2.61. The smallest absolute Gasteiger partial charge is 0.256 e. The average molecular weight is 237 g/mol. The molecule has 0 saturated carbocycles. The van der Waals surface area contributed by atoms with Gasteiger partial charge in [-0.25, -0.2) is 4.39 Å². The molecule has 0 aromatic carbocycles. The van der Waals surface area contributed by atoms with E-state index in [9.17, 15) is 9.18 Å². The number of nitrogens with zero attached hydrogens (tertiary/aromatic N) is 2. The molecule has 0 unspecified atom stereocenters. The minimum absolute atomic E-state index is 0.0951. The molecule has 5 heteroatoms. The first-order chi connectivity index (χ1) is 8.22. The maximum atomic E-state index is 13.4. The SMILES string of the molecule is NC[C@H]1CCCN(C(=O)c2ccncc2F)C1. The van der Waals surface area contributed by atoms with Crippen molar-refractivity contribution in [2.24, 2.45) is 11.7 Å². The van der Waals surface area contributed by atoms with Crippen LogP contribution in [-0.2, 0) is 0 Å². The molecule has 1 atom stereocenters. The Kier molecular flexibility index (Phi) is 3.68. The van der Waals surface area contributed by atoms with Gasteiger partial charge in [-0.05, 0) is 31.4 Å². The highest BCUT2D eigenvalue weighted by molar-refractivity contribution is 5.94. The predicted molar refractivity (Wildman–Crippen MR) is 61.9 cm³/mol. The quantitative estimate of drug-likeness (QED) is 0.835. The molecule has 1 aromatic heterocycles. The summed E-state index contributed by atoms with van der Waals surface area (Å²) in [5, 5.41) is 0. The van der Waals surface area contributed by atoms with Crippen LogP contribution in [-0.4, -0.2) is 35.4 Å². The van der Waals surface area contributed by atoms with Crippen molar-refractivity contribution in [3.8, 4) is 0 Å². The maximum absolute atomic E-state index is 13.4. The molecule has 0 bridgehead atoms. The number of amides is 1. The highest BCUT2D eigenvalue weighted by atomic mass is 19.1. The summed E-state index contributed by atoms with van der Waals surface area (Å²) in [5.74, 6) is -0.493. The first kappa shape index (κ1) is 12.0. The van der Waals surface area contributed by atoms with Crippen molar-refractivity contribution < 1.29 is 9.18 Å². The topological polar surface area (TPSA) is 59.2 Å². The van der Waals surface area contributed by atoms with Crippen molar-refractivity contribution in [3.05, 3.63) is 29.8 Å². The molecule has 4 nitrogen and oxygen atoms in total. The van der Waals surface area contributed by atoms with Gasteiger partial charge in [0.2, 0.25) is 0 Å². The number of carbonyl (C=O) groups excluding carboxylic acids is 1. The van der Waals surface area contributed by atoms with Gasteiger partial charge < -0.3 is 10.6 Å². The third-order valence-corrected chi connectivity index (χ3v) is 3.14. The number of hydrogen-bond donors (Lipinski definition) is 1. The van der Waals surface area contributed by atoms with E-state index in [0.29, 0.717) is 25.6 Å². The zero-order valence-electron chi connectivity index (χ0n) is 9.60. The standard InChI is InChI=1S/C12H16FN3O/c13-11-7-15-4-3-10(11)12(17)16-5-1-2-9(6-14)8-16/h3-4,7,9H,1-2,5-6,8,14H2/t9-/m1/s1. The summed E-state index contributed by atoms with van der Waals surface area (Å²) in [6.45, 7) is 1.87. The lowest BCUT2D eigenvalue weighted by atomic mass is 9.98. The van der Waals surface area contributed by atoms with Crippen molar-refractivity contribution in [2.75, 3.05) is 19.6 Å². The van der Waals surface area contributed by atoms with Gasteiger partial charge in [0.05, 0.1) is 11.8 Å². The van der Waals surface area contributed by atoms with E-state index in [1.807, 2.05) is 0 Å². The van der Waals surface area contributed by atoms with Gasteiger partial charge in [0.25, 0.3) is 5.91 Å². The van der Waals surface area contributed by atoms with Gasteiger partial charge in [0.1, 0.15) is 0 Å². The van der Waals surface area contributed by atoms with Gasteiger partial charge in [0, 0.05) is 19.3 Å². The van der Waals surface area contributed by atoms with Crippen LogP contribution in [0.3, 0.4) is 0 Å². The summed E-state index contributed by atoms with van der Waals surface area (Å²) >= 11 is 0. The van der Waals surface area contributed by atoms with Crippen molar-refractivity contribution >= 4 is 5.91 Å². The molecular weight excluding hydrogens is 221 g/mol. The molecule has 0 radical (unpaired) electrons. The van der Waals surface area contributed by atoms with Crippen LogP contribution in [0.5, 0.6) is 0 Å². The Hall–Kier alpha value is -1.49. The van der Waals surface area contributed by atoms with Crippen LogP contribution < -0.4 is 5.73 Å². The molecule has 0 aliphatic carbocycles. The second-order valence-corrected chi connectivity index (χ2v) is 4.35. The zero-order valence-corrected chi connectivity index (χ0v) is 9.60. The lowest BCUT2D eigenvalue weighted by molar-refractivity contribution is 0.0673. The van der Waals surface area contributed by atoms with E-state index in [-0.39, 0.29) is 11.5 Å². The normalized spacial score (nSPS) is 20.4. The second-order valence-electron chi connectivity index (χ2n) is 4.35. The van der Waals surface area contributed by atoms with Crippen LogP contribution in [0.1, 0.15) is 23.2 Å². The van der Waals surface area contributed by atoms with Crippen LogP contribution in [0.25, 0.3) is 0 Å². The van der Waals surface area contributed by atoms with Gasteiger partial charge in [0.15, 0.2) is 5.82 Å². The number of pyridine rings is 1. The fourth-order valence-electron chi connectivity index (χ4n) is 2.16. The van der Waals surface area contributed by atoms with E-state index < -0.39 is 5.82 Å². The van der Waals surface area contributed by atoms with Gasteiger partial charge in [-0.15, -0.1) is 0 Å². The zero-order chi connectivity index (χ0) is 12.3. The number of nitrogens with two attached hydrogens (primary N) is 1. The summed E-state index contributed by atoms with van der Waals surface area (Å²) < 4.78 is 13.4. The number of hydrogen-bond acceptors (Lipinski definition) is 3. The Balaban J connectivity index is 2.12. The molecule has 1 aliphatic rings. The molecule has 2 N–H and O–H groups in total. The molecular formula is C12H16FN3O. The number of carbonyl (C=O) groups is 1. The second kappa shape index (κ2) is 5.23. The molecule has 2 heterocycles. The van der Waals surface area contributed by atoms with Crippen molar-refractivity contribution in [1.82, 2.24) is 9.88 Å². The van der Waals surface area contributed by atoms with Gasteiger partial charge >= 0.3 is 0 Å². The number of likely N-dealkylation sites (tertiary alicyclic amines) is 1. The number of halogens is 1. The monoisotopic (exact) mass is 237 g/mol. The van der Waals surface area contributed by atoms with E-state index in [1.54, 1.807) is 4.90 Å². The Morgan fingerprint density at radius 2 is 2.47 bits per heavy atom. The minimum Gasteiger partial charge on any atom is -0.338 e. The molecule has 1 saturated heterocycles. The highest BCUT2D eigenvalue weighted by Crippen LogP contribution is 2.18. The van der Waals surface area contributed by atoms with Gasteiger partial charge in [-0.3, -0.25) is 9.78 Å². The summed E-state index contributed by atoms with van der Waals surface area (Å²) in [4.78, 5) is 17.4. The number of rotatable bonds is 2. The molecule has 1 aromatic rings. The Morgan fingerprint density at radius 3 is 3.18 bits per heavy atom. The molecule has 92 valence electrons. The number of piperidine rings is 1. The molecule has 0 spiro atoms. The van der Waals surface area contributed by atoms with Crippen LogP contribution in [0.4, 0.5) is 4.39 Å². The fourth-order valence-corrected chi connectivity index (χ4v) is 2.16. The van der Waals surface area contributed by atoms with Crippen molar-refractivity contribution in [1.29, 1.82) is 0 Å². The van der Waals surface area contributed by atoms with Crippen molar-refractivity contribution in [3.63, 3.8) is 0 Å². The van der Waals surface area contributed by atoms with Crippen LogP contribution >= 0.6 is 0 Å². The molecule has 1 amide bonds. The summed E-state index contributed by atoms with van der Waals surface area (Å²) in [6.07, 6.45) is 4.47. The van der Waals surface area contributed by atoms with E-state index in [2.05, 4.69) is 4.98 Å². The van der Waals surface area contributed by atoms with E-state index in [1.165, 1.54) is 12.3 Å². The average Bonchev–Trinajstić information content (AvgIpc) is 2.38. The number of aromatic nitrogens is 1. The largest absolute Gasteiger partial charge is 0.338 e. The van der Waals surface area contributed by atoms with Crippen molar-refractivity contribution in [2.45, 2.75) is 12.8 Å². The highest BCUT2D eigenvalue weighted by Gasteiger charge is 2.25. The predicted octanol–water partition coefficient (Wildman–Crippen LogP) is 1.03. The van der Waals surface area contributed by atoms with Crippen LogP contribution in [0.15, 0.2) is 18.5 Å². The fraction of sp³-hybridized carbons (Fsp3) is 0.500. The van der Waals surface area contributed by atoms with Gasteiger partial charge in [-0.2, -0.15) is 0 Å². The first-order valence-electron chi connectivity index (χ1n) is 5.81. The lowest BCUT2D eigenvalue weighted by Crippen LogP contribution is -2.42. The maximum Gasteiger partial charge on any atom is 0.256 e. The minimum atomic E-state index is -0.563. The third-order valence-electron chi connectivity index (χ3n) is 3.14. The summed E-state index contributed by atoms with van der Waals surface area (Å²) in [5.41, 5.74) is 5.71. The Labute approximate surface area is 99.6 Å². The van der Waals surface area contributed by atoms with Crippen LogP contribution in [0.2, 0.25) is 0 Å². The Morgan fingerprint density at radius 1 is 1.65 bits per heavy atom. The summed E-state index contributed by atoms with van der Waals surface area (Å²) in [6, 6.07) is 1.42.